The van der Waals surface area contributed by atoms with Gasteiger partial charge >= 0.3 is 12.0 Å². The van der Waals surface area contributed by atoms with Gasteiger partial charge in [-0.2, -0.15) is 0 Å². The van der Waals surface area contributed by atoms with Crippen molar-refractivity contribution in [2.24, 2.45) is 5.92 Å². The predicted octanol–water partition coefficient (Wildman–Crippen LogP) is 2.53. The van der Waals surface area contributed by atoms with Crippen LogP contribution in [0.1, 0.15) is 25.7 Å². The van der Waals surface area contributed by atoms with Gasteiger partial charge in [-0.25, -0.2) is 4.79 Å². The van der Waals surface area contributed by atoms with Gasteiger partial charge < -0.3 is 19.3 Å². The van der Waals surface area contributed by atoms with E-state index in [1.165, 1.54) is 0 Å². The molecule has 0 aromatic heterocycles. The molecule has 2 saturated heterocycles. The first-order chi connectivity index (χ1) is 11.7. The van der Waals surface area contributed by atoms with Crippen molar-refractivity contribution in [3.05, 3.63) is 24.3 Å². The monoisotopic (exact) mass is 332 g/mol. The maximum absolute atomic E-state index is 12.5. The van der Waals surface area contributed by atoms with Crippen LogP contribution in [0.2, 0.25) is 0 Å². The number of piperidine rings is 1. The number of carbonyl (C=O) groups excluding carboxylic acids is 2. The van der Waals surface area contributed by atoms with Crippen LogP contribution in [0, 0.1) is 5.92 Å². The van der Waals surface area contributed by atoms with Crippen molar-refractivity contribution in [3.8, 4) is 11.5 Å². The molecule has 6 heteroatoms. The van der Waals surface area contributed by atoms with Crippen LogP contribution in [0.4, 0.5) is 4.79 Å². The average molecular weight is 332 g/mol. The van der Waals surface area contributed by atoms with E-state index in [0.29, 0.717) is 24.6 Å². The second-order valence-electron chi connectivity index (χ2n) is 6.33. The summed E-state index contributed by atoms with van der Waals surface area (Å²) in [6, 6.07) is 7.16. The van der Waals surface area contributed by atoms with E-state index >= 15 is 0 Å². The van der Waals surface area contributed by atoms with Crippen molar-refractivity contribution < 1.29 is 19.1 Å². The molecular weight excluding hydrogens is 308 g/mol. The van der Waals surface area contributed by atoms with Gasteiger partial charge in [0, 0.05) is 26.2 Å². The largest absolute Gasteiger partial charge is 0.493 e. The SMILES string of the molecule is COc1ccccc1OC(=O)[C@@H]1CCCN(C(=O)N2CCCC2)C1. The molecule has 0 spiro atoms. The number of hydrogen-bond acceptors (Lipinski definition) is 4. The third-order valence-electron chi connectivity index (χ3n) is 4.68. The number of rotatable bonds is 3. The molecule has 2 heterocycles. The molecule has 2 amide bonds. The molecule has 1 atom stereocenters. The Hall–Kier alpha value is -2.24. The third kappa shape index (κ3) is 3.63. The molecule has 2 aliphatic rings. The lowest BCUT2D eigenvalue weighted by Gasteiger charge is -2.34. The third-order valence-corrected chi connectivity index (χ3v) is 4.68. The van der Waals surface area contributed by atoms with Crippen molar-refractivity contribution in [2.45, 2.75) is 25.7 Å². The first-order valence-corrected chi connectivity index (χ1v) is 8.57. The minimum absolute atomic E-state index is 0.0577. The summed E-state index contributed by atoms with van der Waals surface area (Å²) in [6.07, 6.45) is 3.71. The fourth-order valence-electron chi connectivity index (χ4n) is 3.35. The number of amides is 2. The summed E-state index contributed by atoms with van der Waals surface area (Å²) < 4.78 is 10.7. The number of carbonyl (C=O) groups is 2. The fraction of sp³-hybridized carbons (Fsp3) is 0.556. The molecule has 0 unspecified atom stereocenters. The van der Waals surface area contributed by atoms with Crippen LogP contribution in [-0.2, 0) is 4.79 Å². The number of benzene rings is 1. The lowest BCUT2D eigenvalue weighted by Crippen LogP contribution is -2.48. The van der Waals surface area contributed by atoms with E-state index in [0.717, 1.165) is 38.8 Å². The average Bonchev–Trinajstić information content (AvgIpc) is 3.16. The maximum Gasteiger partial charge on any atom is 0.320 e. The highest BCUT2D eigenvalue weighted by Gasteiger charge is 2.32. The lowest BCUT2D eigenvalue weighted by atomic mass is 9.98. The number of methoxy groups -OCH3 is 1. The van der Waals surface area contributed by atoms with E-state index in [1.54, 1.807) is 30.2 Å². The molecule has 2 fully saturated rings. The summed E-state index contributed by atoms with van der Waals surface area (Å²) in [5.41, 5.74) is 0. The van der Waals surface area contributed by atoms with Gasteiger partial charge in [0.2, 0.25) is 0 Å². The lowest BCUT2D eigenvalue weighted by molar-refractivity contribution is -0.140. The molecular formula is C18H24N2O4. The number of para-hydroxylation sites is 2. The van der Waals surface area contributed by atoms with Gasteiger partial charge in [0.05, 0.1) is 13.0 Å². The molecule has 0 radical (unpaired) electrons. The minimum Gasteiger partial charge on any atom is -0.493 e. The van der Waals surface area contributed by atoms with Gasteiger partial charge in [-0.3, -0.25) is 4.79 Å². The van der Waals surface area contributed by atoms with Crippen LogP contribution in [0.3, 0.4) is 0 Å². The van der Waals surface area contributed by atoms with Crippen molar-refractivity contribution in [3.63, 3.8) is 0 Å². The summed E-state index contributed by atoms with van der Waals surface area (Å²) in [4.78, 5) is 28.7. The van der Waals surface area contributed by atoms with Crippen LogP contribution in [-0.4, -0.2) is 55.1 Å². The van der Waals surface area contributed by atoms with Gasteiger partial charge in [-0.1, -0.05) is 12.1 Å². The van der Waals surface area contributed by atoms with E-state index in [4.69, 9.17) is 9.47 Å². The Bertz CT molecular complexity index is 598. The molecule has 6 nitrogen and oxygen atoms in total. The van der Waals surface area contributed by atoms with Crippen molar-refractivity contribution in [2.75, 3.05) is 33.3 Å². The Balaban J connectivity index is 1.61. The van der Waals surface area contributed by atoms with E-state index < -0.39 is 0 Å². The molecule has 0 aliphatic carbocycles. The summed E-state index contributed by atoms with van der Waals surface area (Å²) in [7, 11) is 1.55. The molecule has 1 aromatic carbocycles. The van der Waals surface area contributed by atoms with Gasteiger partial charge in [-0.05, 0) is 37.8 Å². The number of nitrogens with zero attached hydrogens (tertiary/aromatic N) is 2. The highest BCUT2D eigenvalue weighted by molar-refractivity contribution is 5.79. The van der Waals surface area contributed by atoms with Crippen LogP contribution >= 0.6 is 0 Å². The zero-order valence-corrected chi connectivity index (χ0v) is 14.1. The molecule has 0 N–H and O–H groups in total. The number of esters is 1. The molecule has 0 bridgehead atoms. The molecule has 2 aliphatic heterocycles. The summed E-state index contributed by atoms with van der Waals surface area (Å²) in [5, 5.41) is 0. The standard InChI is InChI=1S/C18H24N2O4/c1-23-15-8-2-3-9-16(15)24-17(21)14-7-6-12-20(13-14)18(22)19-10-4-5-11-19/h2-3,8-9,14H,4-7,10-13H2,1H3/t14-/m1/s1. The molecule has 3 rings (SSSR count). The van der Waals surface area contributed by atoms with Crippen molar-refractivity contribution in [1.82, 2.24) is 9.80 Å². The van der Waals surface area contributed by atoms with Crippen molar-refractivity contribution >= 4 is 12.0 Å². The first-order valence-electron chi connectivity index (χ1n) is 8.57. The van der Waals surface area contributed by atoms with Crippen LogP contribution in [0.25, 0.3) is 0 Å². The second kappa shape index (κ2) is 7.55. The zero-order valence-electron chi connectivity index (χ0n) is 14.1. The topological polar surface area (TPSA) is 59.1 Å². The highest BCUT2D eigenvalue weighted by Crippen LogP contribution is 2.28. The Morgan fingerprint density at radius 3 is 2.38 bits per heavy atom. The Kier molecular flexibility index (Phi) is 5.23. The molecule has 0 saturated carbocycles. The Labute approximate surface area is 142 Å². The number of likely N-dealkylation sites (tertiary alicyclic amines) is 2. The highest BCUT2D eigenvalue weighted by atomic mass is 16.6. The van der Waals surface area contributed by atoms with E-state index in [1.807, 2.05) is 11.0 Å². The van der Waals surface area contributed by atoms with Crippen molar-refractivity contribution in [1.29, 1.82) is 0 Å². The maximum atomic E-state index is 12.5. The Morgan fingerprint density at radius 2 is 1.67 bits per heavy atom. The molecule has 1 aromatic rings. The molecule has 130 valence electrons. The fourth-order valence-corrected chi connectivity index (χ4v) is 3.35. The number of ether oxygens (including phenoxy) is 2. The van der Waals surface area contributed by atoms with Crippen LogP contribution in [0.5, 0.6) is 11.5 Å². The number of urea groups is 1. The van der Waals surface area contributed by atoms with Crippen LogP contribution < -0.4 is 9.47 Å². The molecule has 24 heavy (non-hydrogen) atoms. The van der Waals surface area contributed by atoms with Gasteiger partial charge in [0.25, 0.3) is 0 Å². The Morgan fingerprint density at radius 1 is 1.00 bits per heavy atom. The van der Waals surface area contributed by atoms with Crippen LogP contribution in [0.15, 0.2) is 24.3 Å². The quantitative estimate of drug-likeness (QED) is 0.630. The van der Waals surface area contributed by atoms with E-state index in [2.05, 4.69) is 0 Å². The minimum atomic E-state index is -0.293. The second-order valence-corrected chi connectivity index (χ2v) is 6.33. The van der Waals surface area contributed by atoms with Gasteiger partial charge in [0.15, 0.2) is 11.5 Å². The normalized spacial score (nSPS) is 20.8. The van der Waals surface area contributed by atoms with Gasteiger partial charge in [-0.15, -0.1) is 0 Å². The van der Waals surface area contributed by atoms with E-state index in [9.17, 15) is 9.59 Å². The van der Waals surface area contributed by atoms with E-state index in [-0.39, 0.29) is 17.9 Å². The summed E-state index contributed by atoms with van der Waals surface area (Å²) in [5.74, 6) is 0.383. The van der Waals surface area contributed by atoms with Gasteiger partial charge in [0.1, 0.15) is 0 Å². The summed E-state index contributed by atoms with van der Waals surface area (Å²) >= 11 is 0. The number of hydrogen-bond donors (Lipinski definition) is 0. The zero-order chi connectivity index (χ0) is 16.9. The predicted molar refractivity (Wildman–Crippen MR) is 89.1 cm³/mol. The first kappa shape index (κ1) is 16.6. The summed E-state index contributed by atoms with van der Waals surface area (Å²) in [6.45, 7) is 2.80. The smallest absolute Gasteiger partial charge is 0.320 e.